The van der Waals surface area contributed by atoms with Gasteiger partial charge in [-0.05, 0) is 55.7 Å². The van der Waals surface area contributed by atoms with Crippen molar-refractivity contribution in [3.63, 3.8) is 0 Å². The third kappa shape index (κ3) is 2.67. The molecule has 0 aliphatic heterocycles. The molecular formula is C15H20Cl2N2O. The molecule has 4 unspecified atom stereocenters. The van der Waals surface area contributed by atoms with Gasteiger partial charge in [-0.25, -0.2) is 0 Å². The number of nitrogens with two attached hydrogens (primary N) is 1. The number of carbonyl (C=O) groups is 1. The smallest absolute Gasteiger partial charge is 0.229 e. The molecule has 110 valence electrons. The molecule has 2 bridgehead atoms. The van der Waals surface area contributed by atoms with Gasteiger partial charge in [-0.3, -0.25) is 4.79 Å². The first-order chi connectivity index (χ1) is 9.06. The lowest BCUT2D eigenvalue weighted by atomic mass is 9.84. The van der Waals surface area contributed by atoms with Crippen LogP contribution in [-0.2, 0) is 4.79 Å². The highest BCUT2D eigenvalue weighted by atomic mass is 35.5. The summed E-state index contributed by atoms with van der Waals surface area (Å²) in [6.07, 6.45) is 3.45. The van der Waals surface area contributed by atoms with Crippen LogP contribution in [0.2, 0.25) is 5.02 Å². The second-order valence-electron chi connectivity index (χ2n) is 5.89. The standard InChI is InChI=1S/C15H19ClN2O.ClH/c1-8-2-5-11(7-12(8)16)18-15(19)13-9-3-4-10(6-9)14(13)17;/h2,5,7,9-10,13-14H,3-4,6,17H2,1H3,(H,18,19);1H. The molecule has 2 aliphatic rings. The number of hydrogen-bond acceptors (Lipinski definition) is 2. The van der Waals surface area contributed by atoms with E-state index >= 15 is 0 Å². The van der Waals surface area contributed by atoms with E-state index in [1.807, 2.05) is 19.1 Å². The SMILES string of the molecule is Cc1ccc(NC(=O)C2C3CCC(C3)C2N)cc1Cl.Cl. The van der Waals surface area contributed by atoms with Crippen LogP contribution < -0.4 is 11.1 Å². The Morgan fingerprint density at radius 2 is 2.05 bits per heavy atom. The Labute approximate surface area is 130 Å². The lowest BCUT2D eigenvalue weighted by Crippen LogP contribution is -2.42. The molecule has 20 heavy (non-hydrogen) atoms. The van der Waals surface area contributed by atoms with Gasteiger partial charge in [-0.2, -0.15) is 0 Å². The fraction of sp³-hybridized carbons (Fsp3) is 0.533. The molecule has 4 atom stereocenters. The molecule has 0 saturated heterocycles. The Kier molecular flexibility index (Phi) is 4.62. The molecule has 3 rings (SSSR count). The first kappa shape index (κ1) is 15.6. The van der Waals surface area contributed by atoms with Gasteiger partial charge in [-0.15, -0.1) is 12.4 Å². The van der Waals surface area contributed by atoms with Crippen molar-refractivity contribution in [1.29, 1.82) is 0 Å². The Morgan fingerprint density at radius 3 is 2.65 bits per heavy atom. The van der Waals surface area contributed by atoms with E-state index in [1.165, 1.54) is 6.42 Å². The number of nitrogens with one attached hydrogen (secondary N) is 1. The lowest BCUT2D eigenvalue weighted by molar-refractivity contribution is -0.121. The van der Waals surface area contributed by atoms with Gasteiger partial charge in [0.2, 0.25) is 5.91 Å². The molecule has 0 radical (unpaired) electrons. The summed E-state index contributed by atoms with van der Waals surface area (Å²) < 4.78 is 0. The minimum absolute atomic E-state index is 0. The molecule has 1 aromatic carbocycles. The number of halogens is 2. The third-order valence-corrected chi connectivity index (χ3v) is 5.13. The molecule has 3 N–H and O–H groups in total. The van der Waals surface area contributed by atoms with Crippen molar-refractivity contribution in [1.82, 2.24) is 0 Å². The van der Waals surface area contributed by atoms with Crippen molar-refractivity contribution >= 4 is 35.6 Å². The van der Waals surface area contributed by atoms with Gasteiger partial charge < -0.3 is 11.1 Å². The third-order valence-electron chi connectivity index (χ3n) is 4.72. The molecule has 2 saturated carbocycles. The quantitative estimate of drug-likeness (QED) is 0.879. The number of rotatable bonds is 2. The number of amides is 1. The summed E-state index contributed by atoms with van der Waals surface area (Å²) in [7, 11) is 0. The molecule has 0 heterocycles. The van der Waals surface area contributed by atoms with Crippen LogP contribution in [0.1, 0.15) is 24.8 Å². The van der Waals surface area contributed by atoms with Crippen LogP contribution in [0.5, 0.6) is 0 Å². The van der Waals surface area contributed by atoms with Gasteiger partial charge in [0.25, 0.3) is 0 Å². The van der Waals surface area contributed by atoms with Crippen LogP contribution in [0.25, 0.3) is 0 Å². The average molecular weight is 315 g/mol. The first-order valence-corrected chi connectivity index (χ1v) is 7.26. The van der Waals surface area contributed by atoms with Crippen LogP contribution in [0.15, 0.2) is 18.2 Å². The van der Waals surface area contributed by atoms with Crippen molar-refractivity contribution in [3.05, 3.63) is 28.8 Å². The summed E-state index contributed by atoms with van der Waals surface area (Å²) in [5, 5.41) is 3.64. The average Bonchev–Trinajstić information content (AvgIpc) is 2.94. The zero-order valence-electron chi connectivity index (χ0n) is 11.4. The summed E-state index contributed by atoms with van der Waals surface area (Å²) in [5.74, 6) is 1.04. The van der Waals surface area contributed by atoms with Gasteiger partial charge in [0.05, 0.1) is 5.92 Å². The minimum atomic E-state index is -0.0289. The van der Waals surface area contributed by atoms with E-state index in [2.05, 4.69) is 5.32 Å². The highest BCUT2D eigenvalue weighted by Crippen LogP contribution is 2.47. The van der Waals surface area contributed by atoms with Crippen molar-refractivity contribution in [2.45, 2.75) is 32.2 Å². The molecule has 1 amide bonds. The van der Waals surface area contributed by atoms with Crippen molar-refractivity contribution in [3.8, 4) is 0 Å². The Hall–Kier alpha value is -0.770. The van der Waals surface area contributed by atoms with E-state index in [0.29, 0.717) is 16.9 Å². The van der Waals surface area contributed by atoms with E-state index < -0.39 is 0 Å². The monoisotopic (exact) mass is 314 g/mol. The highest BCUT2D eigenvalue weighted by molar-refractivity contribution is 6.31. The van der Waals surface area contributed by atoms with Crippen molar-refractivity contribution in [2.24, 2.45) is 23.5 Å². The zero-order valence-corrected chi connectivity index (χ0v) is 13.0. The molecule has 5 heteroatoms. The topological polar surface area (TPSA) is 55.1 Å². The molecule has 1 aromatic rings. The minimum Gasteiger partial charge on any atom is -0.327 e. The number of carbonyl (C=O) groups excluding carboxylic acids is 1. The van der Waals surface area contributed by atoms with Crippen molar-refractivity contribution < 1.29 is 4.79 Å². The number of fused-ring (bicyclic) bond motifs is 2. The first-order valence-electron chi connectivity index (χ1n) is 6.89. The fourth-order valence-electron chi connectivity index (χ4n) is 3.62. The fourth-order valence-corrected chi connectivity index (χ4v) is 3.80. The molecule has 0 spiro atoms. The second-order valence-corrected chi connectivity index (χ2v) is 6.30. The largest absolute Gasteiger partial charge is 0.327 e. The Bertz CT molecular complexity index is 519. The summed E-state index contributed by atoms with van der Waals surface area (Å²) in [4.78, 5) is 12.4. The summed E-state index contributed by atoms with van der Waals surface area (Å²) in [5.41, 5.74) is 7.96. The second kappa shape index (κ2) is 5.92. The predicted octanol–water partition coefficient (Wildman–Crippen LogP) is 3.38. The summed E-state index contributed by atoms with van der Waals surface area (Å²) in [6, 6.07) is 5.63. The van der Waals surface area contributed by atoms with Crippen LogP contribution in [-0.4, -0.2) is 11.9 Å². The number of anilines is 1. The van der Waals surface area contributed by atoms with Crippen LogP contribution in [0, 0.1) is 24.7 Å². The normalized spacial score (nSPS) is 30.9. The van der Waals surface area contributed by atoms with E-state index in [0.717, 1.165) is 24.1 Å². The Morgan fingerprint density at radius 1 is 1.35 bits per heavy atom. The van der Waals surface area contributed by atoms with Gasteiger partial charge in [0, 0.05) is 16.8 Å². The molecule has 2 fully saturated rings. The van der Waals surface area contributed by atoms with Gasteiger partial charge in [0.15, 0.2) is 0 Å². The number of hydrogen-bond donors (Lipinski definition) is 2. The van der Waals surface area contributed by atoms with Gasteiger partial charge >= 0.3 is 0 Å². The molecule has 3 nitrogen and oxygen atoms in total. The van der Waals surface area contributed by atoms with Crippen LogP contribution >= 0.6 is 24.0 Å². The summed E-state index contributed by atoms with van der Waals surface area (Å²) >= 11 is 6.07. The zero-order chi connectivity index (χ0) is 13.6. The number of aryl methyl sites for hydroxylation is 1. The molecule has 0 aromatic heterocycles. The maximum absolute atomic E-state index is 12.4. The van der Waals surface area contributed by atoms with E-state index in [9.17, 15) is 4.79 Å². The van der Waals surface area contributed by atoms with Gasteiger partial charge in [0.1, 0.15) is 0 Å². The lowest BCUT2D eigenvalue weighted by Gasteiger charge is -2.27. The Balaban J connectivity index is 0.00000147. The van der Waals surface area contributed by atoms with E-state index in [1.54, 1.807) is 6.07 Å². The maximum atomic E-state index is 12.4. The van der Waals surface area contributed by atoms with Crippen LogP contribution in [0.4, 0.5) is 5.69 Å². The van der Waals surface area contributed by atoms with E-state index in [4.69, 9.17) is 17.3 Å². The molecule has 2 aliphatic carbocycles. The number of benzene rings is 1. The maximum Gasteiger partial charge on any atom is 0.229 e. The van der Waals surface area contributed by atoms with Gasteiger partial charge in [-0.1, -0.05) is 17.7 Å². The highest BCUT2D eigenvalue weighted by Gasteiger charge is 2.49. The van der Waals surface area contributed by atoms with Crippen molar-refractivity contribution in [2.75, 3.05) is 5.32 Å². The predicted molar refractivity (Wildman–Crippen MR) is 84.4 cm³/mol. The van der Waals surface area contributed by atoms with E-state index in [-0.39, 0.29) is 30.3 Å². The van der Waals surface area contributed by atoms with Crippen LogP contribution in [0.3, 0.4) is 0 Å². The molecular weight excluding hydrogens is 295 g/mol. The summed E-state index contributed by atoms with van der Waals surface area (Å²) in [6.45, 7) is 1.94.